The van der Waals surface area contributed by atoms with Crippen LogP contribution in [0.4, 0.5) is 0 Å². The van der Waals surface area contributed by atoms with E-state index in [1.54, 1.807) is 24.3 Å². The molecule has 0 unspecified atom stereocenters. The van der Waals surface area contributed by atoms with Crippen molar-refractivity contribution in [1.29, 1.82) is 0 Å². The fraction of sp³-hybridized carbons (Fsp3) is 0.188. The SMILES string of the molecule is Cl.O=C(NS(=O)(=O)CCCO)c1ccc(-c2ccccc2)cc1. The molecule has 0 radical (unpaired) electrons. The fourth-order valence-corrected chi connectivity index (χ4v) is 2.96. The van der Waals surface area contributed by atoms with E-state index in [-0.39, 0.29) is 36.8 Å². The van der Waals surface area contributed by atoms with Gasteiger partial charge in [-0.25, -0.2) is 13.1 Å². The van der Waals surface area contributed by atoms with Crippen LogP contribution in [0.1, 0.15) is 16.8 Å². The number of benzene rings is 2. The van der Waals surface area contributed by atoms with Crippen molar-refractivity contribution in [3.8, 4) is 11.1 Å². The summed E-state index contributed by atoms with van der Waals surface area (Å²) in [7, 11) is -3.71. The van der Waals surface area contributed by atoms with E-state index in [1.165, 1.54) is 0 Å². The molecule has 0 heterocycles. The minimum absolute atomic E-state index is 0. The van der Waals surface area contributed by atoms with E-state index in [9.17, 15) is 13.2 Å². The maximum atomic E-state index is 11.9. The third-order valence-corrected chi connectivity index (χ3v) is 4.40. The fourth-order valence-electron chi connectivity index (χ4n) is 1.95. The normalized spacial score (nSPS) is 10.7. The highest BCUT2D eigenvalue weighted by Gasteiger charge is 2.15. The summed E-state index contributed by atoms with van der Waals surface area (Å²) in [5.74, 6) is -0.949. The van der Waals surface area contributed by atoms with E-state index in [0.717, 1.165) is 11.1 Å². The summed E-state index contributed by atoms with van der Waals surface area (Å²) >= 11 is 0. The number of carbonyl (C=O) groups is 1. The maximum absolute atomic E-state index is 11.9. The minimum Gasteiger partial charge on any atom is -0.396 e. The van der Waals surface area contributed by atoms with Gasteiger partial charge in [0.1, 0.15) is 0 Å². The Morgan fingerprint density at radius 2 is 1.52 bits per heavy atom. The third kappa shape index (κ3) is 5.67. The first-order valence-corrected chi connectivity index (χ1v) is 8.48. The molecule has 0 atom stereocenters. The van der Waals surface area contributed by atoms with Gasteiger partial charge in [-0.15, -0.1) is 12.4 Å². The number of nitrogens with one attached hydrogen (secondary N) is 1. The lowest BCUT2D eigenvalue weighted by Gasteiger charge is -2.07. The van der Waals surface area contributed by atoms with Crippen molar-refractivity contribution in [3.05, 3.63) is 60.2 Å². The summed E-state index contributed by atoms with van der Waals surface area (Å²) in [6.45, 7) is -0.235. The highest BCUT2D eigenvalue weighted by molar-refractivity contribution is 7.90. The Kier molecular flexibility index (Phi) is 7.22. The van der Waals surface area contributed by atoms with Crippen molar-refractivity contribution in [2.24, 2.45) is 0 Å². The molecule has 5 nitrogen and oxygen atoms in total. The van der Waals surface area contributed by atoms with Crippen molar-refractivity contribution in [3.63, 3.8) is 0 Å². The average molecular weight is 356 g/mol. The third-order valence-electron chi connectivity index (χ3n) is 3.07. The van der Waals surface area contributed by atoms with E-state index in [0.29, 0.717) is 0 Å². The zero-order valence-corrected chi connectivity index (χ0v) is 13.9. The molecular weight excluding hydrogens is 338 g/mol. The number of aliphatic hydroxyl groups excluding tert-OH is 1. The lowest BCUT2D eigenvalue weighted by Crippen LogP contribution is -2.32. The standard InChI is InChI=1S/C16H17NO4S.ClH/c18-11-4-12-22(20,21)17-16(19)15-9-7-14(8-10-15)13-5-2-1-3-6-13;/h1-3,5-10,18H,4,11-12H2,(H,17,19);1H. The number of hydrogen-bond acceptors (Lipinski definition) is 4. The van der Waals surface area contributed by atoms with Gasteiger partial charge in [-0.2, -0.15) is 0 Å². The molecule has 7 heteroatoms. The molecule has 23 heavy (non-hydrogen) atoms. The smallest absolute Gasteiger partial charge is 0.264 e. The summed E-state index contributed by atoms with van der Waals surface area (Å²) in [5.41, 5.74) is 2.23. The molecule has 0 saturated carbocycles. The van der Waals surface area contributed by atoms with E-state index in [2.05, 4.69) is 0 Å². The van der Waals surface area contributed by atoms with Gasteiger partial charge < -0.3 is 5.11 Å². The lowest BCUT2D eigenvalue weighted by atomic mass is 10.0. The van der Waals surface area contributed by atoms with Crippen molar-refractivity contribution in [2.45, 2.75) is 6.42 Å². The number of hydrogen-bond donors (Lipinski definition) is 2. The molecule has 2 rings (SSSR count). The summed E-state index contributed by atoms with van der Waals surface area (Å²) in [6, 6.07) is 16.4. The van der Waals surface area contributed by atoms with Gasteiger partial charge in [-0.1, -0.05) is 42.5 Å². The molecule has 1 amide bonds. The summed E-state index contributed by atoms with van der Waals surface area (Å²) in [6.07, 6.45) is 0.0928. The number of amides is 1. The van der Waals surface area contributed by atoms with Crippen LogP contribution in [-0.2, 0) is 10.0 Å². The quantitative estimate of drug-likeness (QED) is 0.832. The van der Waals surface area contributed by atoms with Gasteiger partial charge in [-0.3, -0.25) is 4.79 Å². The number of halogens is 1. The van der Waals surface area contributed by atoms with Crippen LogP contribution in [0.15, 0.2) is 54.6 Å². The second-order valence-electron chi connectivity index (χ2n) is 4.77. The Morgan fingerprint density at radius 3 is 2.09 bits per heavy atom. The molecule has 0 aliphatic heterocycles. The van der Waals surface area contributed by atoms with E-state index in [4.69, 9.17) is 5.11 Å². The first-order chi connectivity index (χ1) is 10.5. The first kappa shape index (κ1) is 19.2. The summed E-state index contributed by atoms with van der Waals surface area (Å²) in [4.78, 5) is 11.9. The predicted molar refractivity (Wildman–Crippen MR) is 92.1 cm³/mol. The van der Waals surface area contributed by atoms with E-state index in [1.807, 2.05) is 35.1 Å². The molecule has 2 aromatic rings. The van der Waals surface area contributed by atoms with Crippen molar-refractivity contribution < 1.29 is 18.3 Å². The van der Waals surface area contributed by atoms with Crippen LogP contribution in [0.2, 0.25) is 0 Å². The Bertz CT molecular complexity index is 730. The topological polar surface area (TPSA) is 83.5 Å². The molecule has 2 aromatic carbocycles. The van der Waals surface area contributed by atoms with Crippen molar-refractivity contribution in [2.75, 3.05) is 12.4 Å². The van der Waals surface area contributed by atoms with Gasteiger partial charge in [0.25, 0.3) is 5.91 Å². The van der Waals surface area contributed by atoms with Crippen LogP contribution >= 0.6 is 12.4 Å². The number of aliphatic hydroxyl groups is 1. The van der Waals surface area contributed by atoms with Crippen LogP contribution in [0, 0.1) is 0 Å². The van der Waals surface area contributed by atoms with Crippen LogP contribution < -0.4 is 4.72 Å². The molecule has 2 N–H and O–H groups in total. The molecular formula is C16H18ClNO4S. The number of rotatable bonds is 6. The molecule has 0 saturated heterocycles. The van der Waals surface area contributed by atoms with Gasteiger partial charge in [0.15, 0.2) is 0 Å². The highest BCUT2D eigenvalue weighted by Crippen LogP contribution is 2.19. The van der Waals surface area contributed by atoms with Crippen LogP contribution in [0.25, 0.3) is 11.1 Å². The highest BCUT2D eigenvalue weighted by atomic mass is 35.5. The zero-order chi connectivity index (χ0) is 16.0. The Balaban J connectivity index is 0.00000264. The van der Waals surface area contributed by atoms with E-state index < -0.39 is 15.9 Å². The zero-order valence-electron chi connectivity index (χ0n) is 12.3. The number of sulfonamides is 1. The second kappa shape index (κ2) is 8.67. The average Bonchev–Trinajstić information content (AvgIpc) is 2.53. The maximum Gasteiger partial charge on any atom is 0.264 e. The van der Waals surface area contributed by atoms with Gasteiger partial charge in [0.2, 0.25) is 10.0 Å². The first-order valence-electron chi connectivity index (χ1n) is 6.83. The van der Waals surface area contributed by atoms with Gasteiger partial charge in [0.05, 0.1) is 5.75 Å². The monoisotopic (exact) mass is 355 g/mol. The van der Waals surface area contributed by atoms with Gasteiger partial charge in [0, 0.05) is 12.2 Å². The van der Waals surface area contributed by atoms with Gasteiger partial charge >= 0.3 is 0 Å². The van der Waals surface area contributed by atoms with Crippen molar-refractivity contribution in [1.82, 2.24) is 4.72 Å². The Hall–Kier alpha value is -1.89. The Labute approximate surface area is 141 Å². The summed E-state index contributed by atoms with van der Waals surface area (Å²) in [5, 5.41) is 8.64. The Morgan fingerprint density at radius 1 is 0.957 bits per heavy atom. The summed E-state index contributed by atoms with van der Waals surface area (Å²) < 4.78 is 25.2. The van der Waals surface area contributed by atoms with Crippen molar-refractivity contribution >= 4 is 28.3 Å². The van der Waals surface area contributed by atoms with Gasteiger partial charge in [-0.05, 0) is 29.7 Å². The largest absolute Gasteiger partial charge is 0.396 e. The van der Waals surface area contributed by atoms with Crippen LogP contribution in [-0.4, -0.2) is 31.8 Å². The van der Waals surface area contributed by atoms with Crippen LogP contribution in [0.3, 0.4) is 0 Å². The molecule has 0 fully saturated rings. The minimum atomic E-state index is -3.71. The molecule has 0 bridgehead atoms. The molecule has 0 aromatic heterocycles. The second-order valence-corrected chi connectivity index (χ2v) is 6.61. The molecule has 0 aliphatic carbocycles. The number of carbonyl (C=O) groups excluding carboxylic acids is 1. The predicted octanol–water partition coefficient (Wildman–Crippen LogP) is 2.22. The molecule has 0 aliphatic rings. The molecule has 0 spiro atoms. The lowest BCUT2D eigenvalue weighted by molar-refractivity contribution is 0.0981. The molecule has 124 valence electrons. The van der Waals surface area contributed by atoms with Crippen LogP contribution in [0.5, 0.6) is 0 Å². The van der Waals surface area contributed by atoms with E-state index >= 15 is 0 Å².